The molecule has 0 aliphatic heterocycles. The van der Waals surface area contributed by atoms with E-state index >= 15 is 0 Å². The summed E-state index contributed by atoms with van der Waals surface area (Å²) < 4.78 is 0. The van der Waals surface area contributed by atoms with E-state index in [-0.39, 0.29) is 6.61 Å². The van der Waals surface area contributed by atoms with Gasteiger partial charge in [0.15, 0.2) is 0 Å². The van der Waals surface area contributed by atoms with Crippen molar-refractivity contribution in [1.82, 2.24) is 0 Å². The van der Waals surface area contributed by atoms with E-state index in [0.29, 0.717) is 12.0 Å². The highest BCUT2D eigenvalue weighted by Crippen LogP contribution is 2.27. The van der Waals surface area contributed by atoms with Gasteiger partial charge in [0.1, 0.15) is 5.41 Å². The number of carbonyl (C=O) groups is 1. The molecule has 2 N–H and O–H groups in total. The normalized spacial score (nSPS) is 14.7. The molecule has 3 nitrogen and oxygen atoms in total. The highest BCUT2D eigenvalue weighted by molar-refractivity contribution is 5.81. The number of aliphatic hydroxyl groups excluding tert-OH is 1. The largest absolute Gasteiger partial charge is 0.481 e. The predicted octanol–water partition coefficient (Wildman–Crippen LogP) is 1.41. The molecule has 1 unspecified atom stereocenters. The molecule has 0 saturated carbocycles. The number of benzene rings is 1. The molecule has 76 valence electrons. The zero-order valence-electron chi connectivity index (χ0n) is 8.10. The van der Waals surface area contributed by atoms with Gasteiger partial charge in [-0.1, -0.05) is 37.3 Å². The number of carboxylic acid groups (broad SMARTS) is 1. The van der Waals surface area contributed by atoms with E-state index in [1.54, 1.807) is 31.2 Å². The van der Waals surface area contributed by atoms with Gasteiger partial charge in [-0.15, -0.1) is 0 Å². The van der Waals surface area contributed by atoms with E-state index in [0.717, 1.165) is 0 Å². The number of rotatable bonds is 4. The van der Waals surface area contributed by atoms with Crippen molar-refractivity contribution in [3.63, 3.8) is 0 Å². The Balaban J connectivity index is 3.18. The molecule has 0 radical (unpaired) electrons. The molecule has 0 spiro atoms. The zero-order valence-corrected chi connectivity index (χ0v) is 8.10. The first-order valence-corrected chi connectivity index (χ1v) is 4.57. The SMILES string of the molecule is CCC(CO)(C(=O)O)c1ccccc1. The summed E-state index contributed by atoms with van der Waals surface area (Å²) in [4.78, 5) is 11.1. The number of aliphatic carboxylic acids is 1. The Morgan fingerprint density at radius 2 is 1.93 bits per heavy atom. The van der Waals surface area contributed by atoms with Crippen molar-refractivity contribution in [2.45, 2.75) is 18.8 Å². The minimum absolute atomic E-state index is 0.372. The van der Waals surface area contributed by atoms with E-state index in [2.05, 4.69) is 0 Å². The summed E-state index contributed by atoms with van der Waals surface area (Å²) in [6.45, 7) is 1.39. The van der Waals surface area contributed by atoms with Gasteiger partial charge >= 0.3 is 5.97 Å². The summed E-state index contributed by atoms with van der Waals surface area (Å²) in [5, 5.41) is 18.3. The zero-order chi connectivity index (χ0) is 10.6. The standard InChI is InChI=1S/C11H14O3/c1-2-11(8-12,10(13)14)9-6-4-3-5-7-9/h3-7,12H,2,8H2,1H3,(H,13,14). The maximum Gasteiger partial charge on any atom is 0.316 e. The number of carboxylic acids is 1. The highest BCUT2D eigenvalue weighted by Gasteiger charge is 2.37. The van der Waals surface area contributed by atoms with Crippen molar-refractivity contribution in [3.8, 4) is 0 Å². The number of hydrogen-bond donors (Lipinski definition) is 2. The molecule has 0 heterocycles. The lowest BCUT2D eigenvalue weighted by atomic mass is 9.79. The van der Waals surface area contributed by atoms with Crippen LogP contribution < -0.4 is 0 Å². The number of hydrogen-bond acceptors (Lipinski definition) is 2. The first kappa shape index (κ1) is 10.7. The molecule has 0 aliphatic rings. The fourth-order valence-corrected chi connectivity index (χ4v) is 1.51. The summed E-state index contributed by atoms with van der Waals surface area (Å²) >= 11 is 0. The monoisotopic (exact) mass is 194 g/mol. The molecule has 0 aliphatic carbocycles. The van der Waals surface area contributed by atoms with Gasteiger partial charge in [-0.05, 0) is 12.0 Å². The van der Waals surface area contributed by atoms with Crippen LogP contribution in [0.3, 0.4) is 0 Å². The maximum absolute atomic E-state index is 11.1. The average Bonchev–Trinajstić information content (AvgIpc) is 2.22. The lowest BCUT2D eigenvalue weighted by molar-refractivity contribution is -0.145. The van der Waals surface area contributed by atoms with Crippen LogP contribution in [0.5, 0.6) is 0 Å². The Bertz CT molecular complexity index is 302. The molecule has 1 atom stereocenters. The molecule has 0 fully saturated rings. The van der Waals surface area contributed by atoms with Crippen molar-refractivity contribution in [2.24, 2.45) is 0 Å². The van der Waals surface area contributed by atoms with Crippen molar-refractivity contribution in [3.05, 3.63) is 35.9 Å². The summed E-state index contributed by atoms with van der Waals surface area (Å²) in [5.41, 5.74) is -0.501. The molecule has 3 heteroatoms. The van der Waals surface area contributed by atoms with E-state index in [9.17, 15) is 9.90 Å². The Labute approximate surface area is 83.0 Å². The molecular weight excluding hydrogens is 180 g/mol. The summed E-state index contributed by atoms with van der Waals surface area (Å²) in [7, 11) is 0. The summed E-state index contributed by atoms with van der Waals surface area (Å²) in [5.74, 6) is -0.978. The van der Waals surface area contributed by atoms with E-state index in [1.807, 2.05) is 6.07 Å². The third-order valence-corrected chi connectivity index (χ3v) is 2.61. The summed E-state index contributed by atoms with van der Waals surface area (Å²) in [6, 6.07) is 8.83. The smallest absolute Gasteiger partial charge is 0.316 e. The topological polar surface area (TPSA) is 57.5 Å². The van der Waals surface area contributed by atoms with Crippen LogP contribution in [0.25, 0.3) is 0 Å². The van der Waals surface area contributed by atoms with Crippen LogP contribution in [0.15, 0.2) is 30.3 Å². The van der Waals surface area contributed by atoms with Crippen molar-refractivity contribution in [2.75, 3.05) is 6.61 Å². The Morgan fingerprint density at radius 1 is 1.36 bits per heavy atom. The van der Waals surface area contributed by atoms with Gasteiger partial charge in [-0.25, -0.2) is 0 Å². The van der Waals surface area contributed by atoms with Crippen LogP contribution in [-0.4, -0.2) is 22.8 Å². The van der Waals surface area contributed by atoms with Gasteiger partial charge in [-0.2, -0.15) is 0 Å². The molecule has 1 rings (SSSR count). The van der Waals surface area contributed by atoms with Gasteiger partial charge in [0.05, 0.1) is 6.61 Å². The van der Waals surface area contributed by atoms with E-state index in [4.69, 9.17) is 5.11 Å². The van der Waals surface area contributed by atoms with Crippen LogP contribution in [0.2, 0.25) is 0 Å². The molecule has 1 aromatic carbocycles. The Hall–Kier alpha value is -1.35. The van der Waals surface area contributed by atoms with Crippen molar-refractivity contribution in [1.29, 1.82) is 0 Å². The fourth-order valence-electron chi connectivity index (χ4n) is 1.51. The maximum atomic E-state index is 11.1. The lowest BCUT2D eigenvalue weighted by Gasteiger charge is -2.25. The minimum Gasteiger partial charge on any atom is -0.481 e. The fraction of sp³-hybridized carbons (Fsp3) is 0.364. The first-order valence-electron chi connectivity index (χ1n) is 4.57. The highest BCUT2D eigenvalue weighted by atomic mass is 16.4. The van der Waals surface area contributed by atoms with Gasteiger partial charge in [0.2, 0.25) is 0 Å². The van der Waals surface area contributed by atoms with Gasteiger partial charge in [0.25, 0.3) is 0 Å². The molecule has 0 aromatic heterocycles. The second-order valence-electron chi connectivity index (χ2n) is 3.26. The second kappa shape index (κ2) is 4.24. The van der Waals surface area contributed by atoms with Crippen molar-refractivity contribution < 1.29 is 15.0 Å². The summed E-state index contributed by atoms with van der Waals surface area (Å²) in [6.07, 6.45) is 0.378. The molecule has 0 saturated heterocycles. The van der Waals surface area contributed by atoms with E-state index < -0.39 is 11.4 Å². The Morgan fingerprint density at radius 3 is 2.29 bits per heavy atom. The molecule has 0 bridgehead atoms. The van der Waals surface area contributed by atoms with Crippen LogP contribution in [-0.2, 0) is 10.2 Å². The van der Waals surface area contributed by atoms with Gasteiger partial charge in [0, 0.05) is 0 Å². The van der Waals surface area contributed by atoms with Gasteiger partial charge in [-0.3, -0.25) is 4.79 Å². The third-order valence-electron chi connectivity index (χ3n) is 2.61. The molecular formula is C11H14O3. The van der Waals surface area contributed by atoms with E-state index in [1.165, 1.54) is 0 Å². The average molecular weight is 194 g/mol. The first-order chi connectivity index (χ1) is 6.67. The molecule has 14 heavy (non-hydrogen) atoms. The van der Waals surface area contributed by atoms with Gasteiger partial charge < -0.3 is 10.2 Å². The van der Waals surface area contributed by atoms with Crippen molar-refractivity contribution >= 4 is 5.97 Å². The van der Waals surface area contributed by atoms with Crippen LogP contribution in [0.1, 0.15) is 18.9 Å². The Kier molecular flexibility index (Phi) is 3.25. The quantitative estimate of drug-likeness (QED) is 0.762. The van der Waals surface area contributed by atoms with Crippen LogP contribution in [0, 0.1) is 0 Å². The molecule has 0 amide bonds. The third kappa shape index (κ3) is 1.63. The van der Waals surface area contributed by atoms with Crippen LogP contribution >= 0.6 is 0 Å². The predicted molar refractivity (Wildman–Crippen MR) is 53.1 cm³/mol. The second-order valence-corrected chi connectivity index (χ2v) is 3.26. The number of aliphatic hydroxyl groups is 1. The lowest BCUT2D eigenvalue weighted by Crippen LogP contribution is -2.38. The van der Waals surface area contributed by atoms with Crippen LogP contribution in [0.4, 0.5) is 0 Å². The molecule has 1 aromatic rings. The minimum atomic E-state index is -1.15.